The van der Waals surface area contributed by atoms with E-state index < -0.39 is 0 Å². The minimum Gasteiger partial charge on any atom is -0.0851 e. The normalized spacial score (nSPS) is 44.3. The Kier molecular flexibility index (Phi) is 6.05. The van der Waals surface area contributed by atoms with E-state index in [1.54, 1.807) is 0 Å². The second-order valence-corrected chi connectivity index (χ2v) is 9.10. The Bertz CT molecular complexity index is 331. The van der Waals surface area contributed by atoms with Gasteiger partial charge in [-0.2, -0.15) is 0 Å². The molecule has 3 saturated carbocycles. The fourth-order valence-electron chi connectivity index (χ4n) is 5.36. The Morgan fingerprint density at radius 2 is 0.773 bits per heavy atom. The Morgan fingerprint density at radius 3 is 1.23 bits per heavy atom. The van der Waals surface area contributed by atoms with Crippen molar-refractivity contribution in [3.8, 4) is 0 Å². The fourth-order valence-corrected chi connectivity index (χ4v) is 5.36. The zero-order valence-corrected chi connectivity index (χ0v) is 15.1. The molecule has 0 unspecified atom stereocenters. The molecule has 0 atom stereocenters. The molecule has 0 aromatic carbocycles. The van der Waals surface area contributed by atoms with Gasteiger partial charge in [0.25, 0.3) is 0 Å². The lowest BCUT2D eigenvalue weighted by molar-refractivity contribution is 0.160. The van der Waals surface area contributed by atoms with Crippen LogP contribution in [0.3, 0.4) is 0 Å². The van der Waals surface area contributed by atoms with Crippen molar-refractivity contribution in [3.63, 3.8) is 0 Å². The molecule has 22 heavy (non-hydrogen) atoms. The predicted octanol–water partition coefficient (Wildman–Crippen LogP) is 7.00. The zero-order valence-electron chi connectivity index (χ0n) is 15.1. The van der Waals surface area contributed by atoms with Gasteiger partial charge in [0.1, 0.15) is 0 Å². The van der Waals surface area contributed by atoms with E-state index in [0.717, 1.165) is 35.5 Å². The average Bonchev–Trinajstić information content (AvgIpc) is 2.56. The molecule has 3 rings (SSSR count). The standard InChI is InChI=1S/C22H38/c1-17-3-7-19(8-4-17)9-10-20-11-15-22(16-12-20)21-13-5-18(2)6-14-21/h9-10,17-22H,3-8,11-16H2,1-2H3. The van der Waals surface area contributed by atoms with Crippen LogP contribution in [0.1, 0.15) is 90.9 Å². The lowest BCUT2D eigenvalue weighted by Crippen LogP contribution is -2.24. The highest BCUT2D eigenvalue weighted by molar-refractivity contribution is 4.96. The van der Waals surface area contributed by atoms with Crippen LogP contribution < -0.4 is 0 Å². The van der Waals surface area contributed by atoms with Gasteiger partial charge in [-0.25, -0.2) is 0 Å². The topological polar surface area (TPSA) is 0 Å². The summed E-state index contributed by atoms with van der Waals surface area (Å²) in [6, 6.07) is 0. The van der Waals surface area contributed by atoms with Gasteiger partial charge in [0.15, 0.2) is 0 Å². The van der Waals surface area contributed by atoms with Crippen molar-refractivity contribution >= 4 is 0 Å². The summed E-state index contributed by atoms with van der Waals surface area (Å²) >= 11 is 0. The van der Waals surface area contributed by atoms with Crippen molar-refractivity contribution in [2.75, 3.05) is 0 Å². The molecule has 0 nitrogen and oxygen atoms in total. The van der Waals surface area contributed by atoms with Gasteiger partial charge < -0.3 is 0 Å². The van der Waals surface area contributed by atoms with Crippen LogP contribution in [0.5, 0.6) is 0 Å². The first-order valence-electron chi connectivity index (χ1n) is 10.4. The molecule has 0 heterocycles. The van der Waals surface area contributed by atoms with Gasteiger partial charge >= 0.3 is 0 Å². The third-order valence-corrected chi connectivity index (χ3v) is 7.26. The largest absolute Gasteiger partial charge is 0.0851 e. The van der Waals surface area contributed by atoms with E-state index in [9.17, 15) is 0 Å². The maximum atomic E-state index is 2.62. The molecule has 3 aliphatic carbocycles. The summed E-state index contributed by atoms with van der Waals surface area (Å²) in [6.07, 6.45) is 23.1. The van der Waals surface area contributed by atoms with E-state index >= 15 is 0 Å². The SMILES string of the molecule is CC1CCC(C=CC2CCC(C3CCC(C)CC3)CC2)CC1. The van der Waals surface area contributed by atoms with Gasteiger partial charge in [0.2, 0.25) is 0 Å². The average molecular weight is 303 g/mol. The maximum absolute atomic E-state index is 2.62. The minimum absolute atomic E-state index is 0.911. The third-order valence-electron chi connectivity index (χ3n) is 7.26. The van der Waals surface area contributed by atoms with E-state index in [4.69, 9.17) is 0 Å². The smallest absolute Gasteiger partial charge is 0.0233 e. The van der Waals surface area contributed by atoms with Crippen molar-refractivity contribution < 1.29 is 0 Å². The molecule has 0 heteroatoms. The first-order chi connectivity index (χ1) is 10.7. The van der Waals surface area contributed by atoms with Gasteiger partial charge in [-0.1, -0.05) is 51.7 Å². The van der Waals surface area contributed by atoms with Crippen molar-refractivity contribution in [1.82, 2.24) is 0 Å². The Hall–Kier alpha value is -0.260. The molecule has 0 spiro atoms. The highest BCUT2D eigenvalue weighted by Crippen LogP contribution is 2.41. The van der Waals surface area contributed by atoms with Crippen LogP contribution in [0.25, 0.3) is 0 Å². The van der Waals surface area contributed by atoms with E-state index in [1.165, 1.54) is 77.0 Å². The van der Waals surface area contributed by atoms with E-state index in [2.05, 4.69) is 26.0 Å². The maximum Gasteiger partial charge on any atom is -0.0233 e. The molecule has 3 aliphatic rings. The Morgan fingerprint density at radius 1 is 0.455 bits per heavy atom. The zero-order chi connectivity index (χ0) is 15.4. The third kappa shape index (κ3) is 4.62. The molecule has 0 radical (unpaired) electrons. The van der Waals surface area contributed by atoms with Crippen molar-refractivity contribution in [3.05, 3.63) is 12.2 Å². The van der Waals surface area contributed by atoms with Crippen LogP contribution >= 0.6 is 0 Å². The lowest BCUT2D eigenvalue weighted by atomic mass is 9.69. The molecule has 0 amide bonds. The molecule has 0 N–H and O–H groups in total. The number of hydrogen-bond acceptors (Lipinski definition) is 0. The van der Waals surface area contributed by atoms with Crippen molar-refractivity contribution in [2.45, 2.75) is 90.9 Å². The Balaban J connectivity index is 1.38. The highest BCUT2D eigenvalue weighted by Gasteiger charge is 2.29. The van der Waals surface area contributed by atoms with E-state index in [1.807, 2.05) is 0 Å². The summed E-state index contributed by atoms with van der Waals surface area (Å²) in [5, 5.41) is 0. The van der Waals surface area contributed by atoms with Crippen molar-refractivity contribution in [2.24, 2.45) is 35.5 Å². The molecule has 0 aromatic rings. The Labute approximate surface area is 139 Å². The molecule has 0 bridgehead atoms. The van der Waals surface area contributed by atoms with Crippen LogP contribution in [0.2, 0.25) is 0 Å². The summed E-state index contributed by atoms with van der Waals surface area (Å²) in [6.45, 7) is 4.87. The second kappa shape index (κ2) is 8.02. The highest BCUT2D eigenvalue weighted by atomic mass is 14.3. The molecular formula is C22H38. The van der Waals surface area contributed by atoms with Gasteiger partial charge in [0, 0.05) is 0 Å². The number of rotatable bonds is 3. The van der Waals surface area contributed by atoms with E-state index in [-0.39, 0.29) is 0 Å². The molecular weight excluding hydrogens is 264 g/mol. The van der Waals surface area contributed by atoms with Crippen LogP contribution in [-0.4, -0.2) is 0 Å². The number of allylic oxidation sites excluding steroid dienone is 2. The lowest BCUT2D eigenvalue weighted by Gasteiger charge is -2.36. The van der Waals surface area contributed by atoms with Gasteiger partial charge in [0.05, 0.1) is 0 Å². The first-order valence-corrected chi connectivity index (χ1v) is 10.4. The fraction of sp³-hybridized carbons (Fsp3) is 0.909. The van der Waals surface area contributed by atoms with Crippen LogP contribution in [-0.2, 0) is 0 Å². The van der Waals surface area contributed by atoms with Gasteiger partial charge in [-0.05, 0) is 86.9 Å². The van der Waals surface area contributed by atoms with Crippen LogP contribution in [0.4, 0.5) is 0 Å². The minimum atomic E-state index is 0.911. The molecule has 0 saturated heterocycles. The van der Waals surface area contributed by atoms with Crippen LogP contribution in [0, 0.1) is 35.5 Å². The second-order valence-electron chi connectivity index (χ2n) is 9.10. The summed E-state index contributed by atoms with van der Waals surface area (Å²) in [5.41, 5.74) is 0. The van der Waals surface area contributed by atoms with E-state index in [0.29, 0.717) is 0 Å². The summed E-state index contributed by atoms with van der Waals surface area (Å²) in [5.74, 6) is 5.98. The van der Waals surface area contributed by atoms with Gasteiger partial charge in [-0.3, -0.25) is 0 Å². The monoisotopic (exact) mass is 302 g/mol. The first kappa shape index (κ1) is 16.6. The predicted molar refractivity (Wildman–Crippen MR) is 96.8 cm³/mol. The molecule has 126 valence electrons. The summed E-state index contributed by atoms with van der Waals surface area (Å²) in [7, 11) is 0. The molecule has 0 aromatic heterocycles. The number of hydrogen-bond donors (Lipinski definition) is 0. The quantitative estimate of drug-likeness (QED) is 0.492. The van der Waals surface area contributed by atoms with Crippen LogP contribution in [0.15, 0.2) is 12.2 Å². The molecule has 0 aliphatic heterocycles. The van der Waals surface area contributed by atoms with Gasteiger partial charge in [-0.15, -0.1) is 0 Å². The summed E-state index contributed by atoms with van der Waals surface area (Å²) < 4.78 is 0. The molecule has 3 fully saturated rings. The van der Waals surface area contributed by atoms with Crippen molar-refractivity contribution in [1.29, 1.82) is 0 Å². The summed E-state index contributed by atoms with van der Waals surface area (Å²) in [4.78, 5) is 0.